The average molecular weight is 278 g/mol. The number of sulfone groups is 1. The quantitative estimate of drug-likeness (QED) is 0.550. The first kappa shape index (κ1) is 17.9. The lowest BCUT2D eigenvalue weighted by Gasteiger charge is -2.22. The lowest BCUT2D eigenvalue weighted by molar-refractivity contribution is 0.265. The van der Waals surface area contributed by atoms with Crippen LogP contribution in [0.5, 0.6) is 0 Å². The van der Waals surface area contributed by atoms with E-state index in [4.69, 9.17) is 0 Å². The SMILES string of the molecule is CCCCN(CCCC)CCNCCS(C)(=O)=O. The molecule has 0 aliphatic carbocycles. The molecular weight excluding hydrogens is 248 g/mol. The largest absolute Gasteiger partial charge is 0.314 e. The first-order chi connectivity index (χ1) is 8.49. The van der Waals surface area contributed by atoms with Crippen LogP contribution in [0.15, 0.2) is 0 Å². The van der Waals surface area contributed by atoms with Gasteiger partial charge in [-0.05, 0) is 25.9 Å². The summed E-state index contributed by atoms with van der Waals surface area (Å²) in [7, 11) is -2.83. The number of rotatable bonds is 12. The monoisotopic (exact) mass is 278 g/mol. The summed E-state index contributed by atoms with van der Waals surface area (Å²) >= 11 is 0. The Kier molecular flexibility index (Phi) is 10.7. The maximum atomic E-state index is 11.0. The van der Waals surface area contributed by atoms with Gasteiger partial charge >= 0.3 is 0 Å². The second kappa shape index (κ2) is 10.8. The molecular formula is C13H30N2O2S. The zero-order valence-corrected chi connectivity index (χ0v) is 13.1. The third-order valence-electron chi connectivity index (χ3n) is 2.91. The van der Waals surface area contributed by atoms with Crippen LogP contribution in [0.25, 0.3) is 0 Å². The fourth-order valence-electron chi connectivity index (χ4n) is 1.72. The molecule has 0 heterocycles. The molecule has 0 bridgehead atoms. The van der Waals surface area contributed by atoms with Crippen molar-refractivity contribution in [2.75, 3.05) is 44.7 Å². The Hall–Kier alpha value is -0.130. The van der Waals surface area contributed by atoms with Crippen molar-refractivity contribution in [3.05, 3.63) is 0 Å². The van der Waals surface area contributed by atoms with Gasteiger partial charge in [-0.15, -0.1) is 0 Å². The molecule has 0 amide bonds. The van der Waals surface area contributed by atoms with Gasteiger partial charge in [0.25, 0.3) is 0 Å². The minimum absolute atomic E-state index is 0.233. The molecule has 0 saturated heterocycles. The van der Waals surface area contributed by atoms with E-state index in [2.05, 4.69) is 24.1 Å². The van der Waals surface area contributed by atoms with E-state index in [1.807, 2.05) is 0 Å². The molecule has 4 nitrogen and oxygen atoms in total. The predicted molar refractivity (Wildman–Crippen MR) is 78.8 cm³/mol. The molecule has 110 valence electrons. The molecule has 0 radical (unpaired) electrons. The second-order valence-electron chi connectivity index (χ2n) is 4.93. The minimum atomic E-state index is -2.83. The lowest BCUT2D eigenvalue weighted by atomic mass is 10.2. The van der Waals surface area contributed by atoms with Crippen molar-refractivity contribution in [2.24, 2.45) is 0 Å². The first-order valence-electron chi connectivity index (χ1n) is 7.10. The topological polar surface area (TPSA) is 49.4 Å². The molecule has 0 rings (SSSR count). The first-order valence-corrected chi connectivity index (χ1v) is 9.16. The number of unbranched alkanes of at least 4 members (excludes halogenated alkanes) is 2. The van der Waals surface area contributed by atoms with Gasteiger partial charge in [-0.2, -0.15) is 0 Å². The smallest absolute Gasteiger partial charge is 0.148 e. The predicted octanol–water partition coefficient (Wildman–Crippen LogP) is 1.52. The molecule has 0 spiro atoms. The highest BCUT2D eigenvalue weighted by atomic mass is 32.2. The zero-order valence-electron chi connectivity index (χ0n) is 12.2. The molecule has 0 saturated carbocycles. The third kappa shape index (κ3) is 12.3. The fourth-order valence-corrected chi connectivity index (χ4v) is 2.23. The summed E-state index contributed by atoms with van der Waals surface area (Å²) in [5, 5.41) is 3.20. The number of nitrogens with one attached hydrogen (secondary N) is 1. The van der Waals surface area contributed by atoms with Gasteiger partial charge in [-0.3, -0.25) is 0 Å². The van der Waals surface area contributed by atoms with Gasteiger partial charge in [0.15, 0.2) is 0 Å². The van der Waals surface area contributed by atoms with E-state index in [-0.39, 0.29) is 5.75 Å². The standard InChI is InChI=1S/C13H30N2O2S/c1-4-6-10-15(11-7-5-2)12-8-14-9-13-18(3,16)17/h14H,4-13H2,1-3H3. The van der Waals surface area contributed by atoms with Crippen LogP contribution in [-0.2, 0) is 9.84 Å². The summed E-state index contributed by atoms with van der Waals surface area (Å²) < 4.78 is 21.9. The summed E-state index contributed by atoms with van der Waals surface area (Å²) in [5.74, 6) is 0.233. The summed E-state index contributed by atoms with van der Waals surface area (Å²) in [6.45, 7) is 9.19. The normalized spacial score (nSPS) is 12.2. The Morgan fingerprint density at radius 2 is 1.50 bits per heavy atom. The van der Waals surface area contributed by atoms with Crippen molar-refractivity contribution in [3.63, 3.8) is 0 Å². The van der Waals surface area contributed by atoms with E-state index in [1.54, 1.807) is 0 Å². The number of nitrogens with zero attached hydrogens (tertiary/aromatic N) is 1. The summed E-state index contributed by atoms with van der Waals surface area (Å²) in [6.07, 6.45) is 6.22. The highest BCUT2D eigenvalue weighted by molar-refractivity contribution is 7.90. The van der Waals surface area contributed by atoms with Crippen LogP contribution in [0.1, 0.15) is 39.5 Å². The third-order valence-corrected chi connectivity index (χ3v) is 3.86. The van der Waals surface area contributed by atoms with E-state index in [0.29, 0.717) is 6.54 Å². The molecule has 18 heavy (non-hydrogen) atoms. The maximum Gasteiger partial charge on any atom is 0.148 e. The van der Waals surface area contributed by atoms with Crippen LogP contribution in [0, 0.1) is 0 Å². The van der Waals surface area contributed by atoms with Gasteiger partial charge in [-0.25, -0.2) is 8.42 Å². The van der Waals surface area contributed by atoms with E-state index < -0.39 is 9.84 Å². The molecule has 0 aromatic carbocycles. The van der Waals surface area contributed by atoms with Gasteiger partial charge in [0, 0.05) is 25.9 Å². The molecule has 5 heteroatoms. The van der Waals surface area contributed by atoms with Crippen LogP contribution in [-0.4, -0.2) is 58.1 Å². The van der Waals surface area contributed by atoms with Gasteiger partial charge < -0.3 is 10.2 Å². The summed E-state index contributed by atoms with van der Waals surface area (Å²) in [6, 6.07) is 0. The number of hydrogen-bond donors (Lipinski definition) is 1. The van der Waals surface area contributed by atoms with Gasteiger partial charge in [0.05, 0.1) is 5.75 Å². The fraction of sp³-hybridized carbons (Fsp3) is 1.00. The Balaban J connectivity index is 3.67. The molecule has 0 fully saturated rings. The van der Waals surface area contributed by atoms with Crippen LogP contribution in [0.3, 0.4) is 0 Å². The van der Waals surface area contributed by atoms with Crippen molar-refractivity contribution in [3.8, 4) is 0 Å². The highest BCUT2D eigenvalue weighted by Gasteiger charge is 2.04. The summed E-state index contributed by atoms with van der Waals surface area (Å²) in [4.78, 5) is 2.47. The minimum Gasteiger partial charge on any atom is -0.314 e. The van der Waals surface area contributed by atoms with Crippen molar-refractivity contribution in [2.45, 2.75) is 39.5 Å². The van der Waals surface area contributed by atoms with Gasteiger partial charge in [0.1, 0.15) is 9.84 Å². The maximum absolute atomic E-state index is 11.0. The van der Waals surface area contributed by atoms with Crippen LogP contribution < -0.4 is 5.32 Å². The van der Waals surface area contributed by atoms with E-state index in [1.165, 1.54) is 31.9 Å². The molecule has 0 unspecified atom stereocenters. The summed E-state index contributed by atoms with van der Waals surface area (Å²) in [5.41, 5.74) is 0. The Morgan fingerprint density at radius 3 is 1.94 bits per heavy atom. The van der Waals surface area contributed by atoms with E-state index in [0.717, 1.165) is 26.2 Å². The van der Waals surface area contributed by atoms with Crippen molar-refractivity contribution >= 4 is 9.84 Å². The molecule has 0 aliphatic heterocycles. The zero-order chi connectivity index (χ0) is 13.9. The van der Waals surface area contributed by atoms with Crippen LogP contribution in [0.4, 0.5) is 0 Å². The Bertz CT molecular complexity index is 271. The van der Waals surface area contributed by atoms with Crippen LogP contribution >= 0.6 is 0 Å². The molecule has 0 aliphatic rings. The second-order valence-corrected chi connectivity index (χ2v) is 7.19. The molecule has 0 aromatic rings. The Morgan fingerprint density at radius 1 is 0.944 bits per heavy atom. The van der Waals surface area contributed by atoms with E-state index in [9.17, 15) is 8.42 Å². The van der Waals surface area contributed by atoms with Gasteiger partial charge in [0.2, 0.25) is 0 Å². The lowest BCUT2D eigenvalue weighted by Crippen LogP contribution is -2.35. The van der Waals surface area contributed by atoms with E-state index >= 15 is 0 Å². The van der Waals surface area contributed by atoms with Crippen molar-refractivity contribution in [1.82, 2.24) is 10.2 Å². The molecule has 0 aromatic heterocycles. The van der Waals surface area contributed by atoms with Crippen molar-refractivity contribution < 1.29 is 8.42 Å². The highest BCUT2D eigenvalue weighted by Crippen LogP contribution is 1.98. The van der Waals surface area contributed by atoms with Crippen LogP contribution in [0.2, 0.25) is 0 Å². The molecule has 0 atom stereocenters. The number of hydrogen-bond acceptors (Lipinski definition) is 4. The van der Waals surface area contributed by atoms with Gasteiger partial charge in [-0.1, -0.05) is 26.7 Å². The Labute approximate surface area is 113 Å². The molecule has 1 N–H and O–H groups in total. The van der Waals surface area contributed by atoms with Crippen molar-refractivity contribution in [1.29, 1.82) is 0 Å². The average Bonchev–Trinajstić information content (AvgIpc) is 2.29.